The molecule has 0 aliphatic carbocycles. The first-order valence-corrected chi connectivity index (χ1v) is 7.70. The number of para-hydroxylation sites is 1. The highest BCUT2D eigenvalue weighted by atomic mass is 19.1. The molecule has 9 nitrogen and oxygen atoms in total. The van der Waals surface area contributed by atoms with Gasteiger partial charge in [0.1, 0.15) is 23.9 Å². The molecule has 0 spiro atoms. The largest absolute Gasteiger partial charge is 0.454 e. The minimum absolute atomic E-state index is 0.0465. The minimum Gasteiger partial charge on any atom is -0.454 e. The second kappa shape index (κ2) is 9.16. The number of esters is 1. The molecule has 0 fully saturated rings. The maximum Gasteiger partial charge on any atom is 0.325 e. The Morgan fingerprint density at radius 2 is 1.71 bits per heavy atom. The molecule has 2 N–H and O–H groups in total. The predicted molar refractivity (Wildman–Crippen MR) is 91.4 cm³/mol. The van der Waals surface area contributed by atoms with Gasteiger partial charge in [0.05, 0.1) is 4.92 Å². The number of non-ortho nitro benzene ring substituents is 1. The number of hydrogen-bond donors (Lipinski definition) is 2. The van der Waals surface area contributed by atoms with E-state index < -0.39 is 53.2 Å². The lowest BCUT2D eigenvalue weighted by molar-refractivity contribution is -0.384. The normalized spacial score (nSPS) is 10.1. The van der Waals surface area contributed by atoms with Gasteiger partial charge in [-0.05, 0) is 18.2 Å². The van der Waals surface area contributed by atoms with Gasteiger partial charge in [0.25, 0.3) is 17.5 Å². The summed E-state index contributed by atoms with van der Waals surface area (Å²) in [6, 6.07) is 7.83. The molecule has 0 bridgehead atoms. The molecule has 0 unspecified atom stereocenters. The number of benzene rings is 2. The van der Waals surface area contributed by atoms with Crippen LogP contribution >= 0.6 is 0 Å². The topological polar surface area (TPSA) is 128 Å². The summed E-state index contributed by atoms with van der Waals surface area (Å²) in [5.74, 6) is -4.74. The summed E-state index contributed by atoms with van der Waals surface area (Å²) < 4.78 is 31.4. The fraction of sp³-hybridized carbons (Fsp3) is 0.118. The van der Waals surface area contributed by atoms with E-state index in [1.165, 1.54) is 18.2 Å². The molecule has 0 radical (unpaired) electrons. The fourth-order valence-corrected chi connectivity index (χ4v) is 2.01. The van der Waals surface area contributed by atoms with Crippen LogP contribution in [0.15, 0.2) is 42.5 Å². The molecular formula is C17H13F2N3O6. The number of nitrogens with one attached hydrogen (secondary N) is 2. The van der Waals surface area contributed by atoms with Crippen LogP contribution in [-0.4, -0.2) is 35.9 Å². The van der Waals surface area contributed by atoms with E-state index in [0.29, 0.717) is 0 Å². The van der Waals surface area contributed by atoms with Crippen molar-refractivity contribution in [2.45, 2.75) is 0 Å². The molecule has 28 heavy (non-hydrogen) atoms. The third-order valence-corrected chi connectivity index (χ3v) is 3.30. The van der Waals surface area contributed by atoms with Crippen LogP contribution in [0.5, 0.6) is 0 Å². The molecule has 11 heteroatoms. The highest BCUT2D eigenvalue weighted by Crippen LogP contribution is 2.17. The molecule has 2 rings (SSSR count). The number of anilines is 1. The Morgan fingerprint density at radius 1 is 1.07 bits per heavy atom. The van der Waals surface area contributed by atoms with E-state index in [-0.39, 0.29) is 11.3 Å². The van der Waals surface area contributed by atoms with Crippen molar-refractivity contribution in [2.75, 3.05) is 18.5 Å². The van der Waals surface area contributed by atoms with Crippen LogP contribution in [0.1, 0.15) is 10.4 Å². The Morgan fingerprint density at radius 3 is 2.36 bits per heavy atom. The number of nitro benzene ring substituents is 1. The number of rotatable bonds is 7. The summed E-state index contributed by atoms with van der Waals surface area (Å²) in [6.07, 6.45) is 0. The molecule has 2 amide bonds. The summed E-state index contributed by atoms with van der Waals surface area (Å²) in [5, 5.41) is 14.8. The maximum absolute atomic E-state index is 13.4. The van der Waals surface area contributed by atoms with E-state index >= 15 is 0 Å². The molecule has 0 saturated heterocycles. The average Bonchev–Trinajstić information content (AvgIpc) is 2.67. The van der Waals surface area contributed by atoms with Crippen molar-refractivity contribution in [3.63, 3.8) is 0 Å². The molecule has 0 heterocycles. The number of nitrogens with zero attached hydrogens (tertiary/aromatic N) is 1. The lowest BCUT2D eigenvalue weighted by atomic mass is 10.2. The summed E-state index contributed by atoms with van der Waals surface area (Å²) in [4.78, 5) is 45.1. The molecule has 146 valence electrons. The number of amides is 2. The zero-order valence-electron chi connectivity index (χ0n) is 14.1. The van der Waals surface area contributed by atoms with Crippen LogP contribution in [0.2, 0.25) is 0 Å². The number of halogens is 2. The first-order valence-electron chi connectivity index (χ1n) is 7.70. The third-order valence-electron chi connectivity index (χ3n) is 3.30. The average molecular weight is 393 g/mol. The van der Waals surface area contributed by atoms with Crippen molar-refractivity contribution in [2.24, 2.45) is 0 Å². The molecule has 0 aromatic heterocycles. The van der Waals surface area contributed by atoms with Crippen LogP contribution in [0, 0.1) is 21.7 Å². The fourth-order valence-electron chi connectivity index (χ4n) is 2.01. The molecule has 2 aromatic carbocycles. The van der Waals surface area contributed by atoms with Gasteiger partial charge in [-0.25, -0.2) is 8.78 Å². The van der Waals surface area contributed by atoms with Gasteiger partial charge in [0.15, 0.2) is 6.61 Å². The van der Waals surface area contributed by atoms with Crippen LogP contribution in [0.4, 0.5) is 20.2 Å². The van der Waals surface area contributed by atoms with Gasteiger partial charge in [-0.2, -0.15) is 0 Å². The summed E-state index contributed by atoms with van der Waals surface area (Å²) in [6.45, 7) is -1.46. The number of ether oxygens (including phenoxy) is 1. The van der Waals surface area contributed by atoms with Crippen molar-refractivity contribution in [3.8, 4) is 0 Å². The first-order chi connectivity index (χ1) is 13.3. The zero-order valence-corrected chi connectivity index (χ0v) is 14.1. The molecule has 0 atom stereocenters. The van der Waals surface area contributed by atoms with Gasteiger partial charge in [-0.1, -0.05) is 12.1 Å². The quantitative estimate of drug-likeness (QED) is 0.419. The van der Waals surface area contributed by atoms with Crippen LogP contribution in [0.3, 0.4) is 0 Å². The number of carbonyl (C=O) groups is 3. The highest BCUT2D eigenvalue weighted by molar-refractivity contribution is 5.97. The Bertz CT molecular complexity index is 915. The van der Waals surface area contributed by atoms with E-state index in [9.17, 15) is 33.3 Å². The summed E-state index contributed by atoms with van der Waals surface area (Å²) in [7, 11) is 0. The number of hydrogen-bond acceptors (Lipinski definition) is 6. The zero-order chi connectivity index (χ0) is 20.7. The van der Waals surface area contributed by atoms with Crippen LogP contribution < -0.4 is 10.6 Å². The van der Waals surface area contributed by atoms with Gasteiger partial charge >= 0.3 is 5.97 Å². The smallest absolute Gasteiger partial charge is 0.325 e. The van der Waals surface area contributed by atoms with E-state index in [1.54, 1.807) is 0 Å². The van der Waals surface area contributed by atoms with Gasteiger partial charge in [0.2, 0.25) is 0 Å². The highest BCUT2D eigenvalue weighted by Gasteiger charge is 2.15. The molecular weight excluding hydrogens is 380 g/mol. The predicted octanol–water partition coefficient (Wildman–Crippen LogP) is 1.78. The standard InChI is InChI=1S/C17H13F2N3O6/c18-12-5-2-6-13(19)16(12)21-14(23)9-28-15(24)8-20-17(25)10-3-1-4-11(7-10)22(26)27/h1-7H,8-9H2,(H,20,25)(H,21,23). The molecule has 0 aliphatic heterocycles. The van der Waals surface area contributed by atoms with E-state index in [1.807, 2.05) is 5.32 Å². The number of nitro groups is 1. The Kier molecular flexibility index (Phi) is 6.68. The second-order valence-electron chi connectivity index (χ2n) is 5.30. The Hall–Kier alpha value is -3.89. The maximum atomic E-state index is 13.4. The third kappa shape index (κ3) is 5.56. The minimum atomic E-state index is -0.997. The van der Waals surface area contributed by atoms with Gasteiger partial charge in [-0.15, -0.1) is 0 Å². The van der Waals surface area contributed by atoms with Crippen molar-refractivity contribution in [1.29, 1.82) is 0 Å². The van der Waals surface area contributed by atoms with E-state index in [2.05, 4.69) is 10.1 Å². The van der Waals surface area contributed by atoms with Crippen LogP contribution in [-0.2, 0) is 14.3 Å². The van der Waals surface area contributed by atoms with Gasteiger partial charge in [-0.3, -0.25) is 24.5 Å². The lowest BCUT2D eigenvalue weighted by Gasteiger charge is -2.09. The lowest BCUT2D eigenvalue weighted by Crippen LogP contribution is -2.32. The molecule has 0 aliphatic rings. The first kappa shape index (κ1) is 20.4. The Labute approximate surface area is 156 Å². The SMILES string of the molecule is O=C(COC(=O)CNC(=O)c1cccc([N+](=O)[O-])c1)Nc1c(F)cccc1F. The van der Waals surface area contributed by atoms with Gasteiger partial charge in [0, 0.05) is 17.7 Å². The number of carbonyl (C=O) groups excluding carboxylic acids is 3. The van der Waals surface area contributed by atoms with Crippen molar-refractivity contribution in [3.05, 3.63) is 69.8 Å². The molecule has 2 aromatic rings. The molecule has 0 saturated carbocycles. The van der Waals surface area contributed by atoms with E-state index in [4.69, 9.17) is 0 Å². The summed E-state index contributed by atoms with van der Waals surface area (Å²) >= 11 is 0. The van der Waals surface area contributed by atoms with Crippen LogP contribution in [0.25, 0.3) is 0 Å². The van der Waals surface area contributed by atoms with Gasteiger partial charge < -0.3 is 15.4 Å². The van der Waals surface area contributed by atoms with Crippen molar-refractivity contribution >= 4 is 29.2 Å². The van der Waals surface area contributed by atoms with Crippen molar-refractivity contribution in [1.82, 2.24) is 5.32 Å². The van der Waals surface area contributed by atoms with E-state index in [0.717, 1.165) is 24.3 Å². The Balaban J connectivity index is 1.81. The monoisotopic (exact) mass is 393 g/mol. The second-order valence-corrected chi connectivity index (χ2v) is 5.30. The van der Waals surface area contributed by atoms with Crippen molar-refractivity contribution < 1.29 is 32.8 Å². The summed E-state index contributed by atoms with van der Waals surface area (Å²) in [5.41, 5.74) is -1.02.